The number of nitrogens with one attached hydrogen (secondary N) is 2. The maximum absolute atomic E-state index is 12.3. The molecule has 126 valence electrons. The molecule has 1 aromatic carbocycles. The summed E-state index contributed by atoms with van der Waals surface area (Å²) in [5, 5.41) is 6.52. The van der Waals surface area contributed by atoms with Gasteiger partial charge >= 0.3 is 5.97 Å². The fourth-order valence-corrected chi connectivity index (χ4v) is 2.74. The molecule has 1 aromatic rings. The Balaban J connectivity index is 1.94. The van der Waals surface area contributed by atoms with Crippen molar-refractivity contribution < 1.29 is 19.1 Å². The van der Waals surface area contributed by atoms with Crippen LogP contribution in [0.5, 0.6) is 5.75 Å². The lowest BCUT2D eigenvalue weighted by Gasteiger charge is -2.27. The maximum atomic E-state index is 12.3. The van der Waals surface area contributed by atoms with E-state index in [0.29, 0.717) is 22.5 Å². The zero-order valence-electron chi connectivity index (χ0n) is 13.2. The van der Waals surface area contributed by atoms with Crippen molar-refractivity contribution in [3.63, 3.8) is 0 Å². The van der Waals surface area contributed by atoms with Gasteiger partial charge in [-0.2, -0.15) is 0 Å². The number of hydrogen-bond acceptors (Lipinski definition) is 5. The molecule has 0 aromatic heterocycles. The minimum Gasteiger partial charge on any atom is -0.480 e. The van der Waals surface area contributed by atoms with Crippen LogP contribution in [0, 0.1) is 5.92 Å². The van der Waals surface area contributed by atoms with Crippen molar-refractivity contribution >= 4 is 29.2 Å². The first-order chi connectivity index (χ1) is 11.0. The predicted octanol–water partition coefficient (Wildman–Crippen LogP) is 2.22. The van der Waals surface area contributed by atoms with Crippen LogP contribution in [-0.2, 0) is 14.3 Å². The van der Waals surface area contributed by atoms with Gasteiger partial charge in [-0.05, 0) is 44.5 Å². The fourth-order valence-electron chi connectivity index (χ4n) is 2.51. The number of carbonyl (C=O) groups excluding carboxylic acids is 2. The molecule has 2 rings (SSSR count). The number of halogens is 1. The molecular weight excluding hydrogens is 320 g/mol. The molecule has 1 amide bonds. The van der Waals surface area contributed by atoms with Gasteiger partial charge in [0.15, 0.2) is 6.61 Å². The number of esters is 1. The lowest BCUT2D eigenvalue weighted by atomic mass is 9.92. The zero-order valence-corrected chi connectivity index (χ0v) is 14.0. The number of amides is 1. The van der Waals surface area contributed by atoms with Gasteiger partial charge in [-0.15, -0.1) is 0 Å². The maximum Gasteiger partial charge on any atom is 0.343 e. The summed E-state index contributed by atoms with van der Waals surface area (Å²) < 4.78 is 9.75. The largest absolute Gasteiger partial charge is 0.480 e. The van der Waals surface area contributed by atoms with Crippen molar-refractivity contribution in [3.05, 3.63) is 23.2 Å². The molecule has 1 saturated heterocycles. The van der Waals surface area contributed by atoms with Gasteiger partial charge in [0.1, 0.15) is 5.75 Å². The molecule has 1 aliphatic rings. The predicted molar refractivity (Wildman–Crippen MR) is 87.8 cm³/mol. The van der Waals surface area contributed by atoms with Gasteiger partial charge in [0.2, 0.25) is 5.91 Å². The Morgan fingerprint density at radius 1 is 1.43 bits per heavy atom. The van der Waals surface area contributed by atoms with Crippen LogP contribution < -0.4 is 15.4 Å². The first-order valence-electron chi connectivity index (χ1n) is 7.53. The number of ether oxygens (including phenoxy) is 2. The van der Waals surface area contributed by atoms with Crippen LogP contribution in [0.25, 0.3) is 0 Å². The number of rotatable bonds is 5. The van der Waals surface area contributed by atoms with Crippen molar-refractivity contribution in [1.29, 1.82) is 0 Å². The Hall–Kier alpha value is -1.79. The second-order valence-electron chi connectivity index (χ2n) is 5.58. The quantitative estimate of drug-likeness (QED) is 0.804. The lowest BCUT2D eigenvalue weighted by Crippen LogP contribution is -2.40. The molecule has 1 heterocycles. The molecule has 0 aliphatic carbocycles. The lowest BCUT2D eigenvalue weighted by molar-refractivity contribution is -0.142. The highest BCUT2D eigenvalue weighted by atomic mass is 35.5. The molecule has 6 nitrogen and oxygen atoms in total. The zero-order chi connectivity index (χ0) is 16.8. The molecule has 0 radical (unpaired) electrons. The number of anilines is 1. The summed E-state index contributed by atoms with van der Waals surface area (Å²) in [6.45, 7) is 2.71. The summed E-state index contributed by atoms with van der Waals surface area (Å²) >= 11 is 6.11. The Kier molecular flexibility index (Phi) is 6.24. The highest BCUT2D eigenvalue weighted by molar-refractivity contribution is 6.32. The molecule has 2 N–H and O–H groups in total. The molecule has 7 heteroatoms. The number of carbonyl (C=O) groups is 2. The first-order valence-corrected chi connectivity index (χ1v) is 7.90. The van der Waals surface area contributed by atoms with Gasteiger partial charge < -0.3 is 20.1 Å². The molecule has 0 unspecified atom stereocenters. The van der Waals surface area contributed by atoms with E-state index in [1.54, 1.807) is 18.2 Å². The number of benzene rings is 1. The van der Waals surface area contributed by atoms with Crippen molar-refractivity contribution in [2.45, 2.75) is 25.8 Å². The van der Waals surface area contributed by atoms with Crippen LogP contribution in [0.15, 0.2) is 18.2 Å². The molecule has 0 spiro atoms. The van der Waals surface area contributed by atoms with E-state index >= 15 is 0 Å². The molecular formula is C16H21ClN2O4. The van der Waals surface area contributed by atoms with E-state index in [1.165, 1.54) is 7.11 Å². The van der Waals surface area contributed by atoms with Crippen molar-refractivity contribution in [2.24, 2.45) is 5.92 Å². The fraction of sp³-hybridized carbons (Fsp3) is 0.500. The van der Waals surface area contributed by atoms with Crippen molar-refractivity contribution in [3.8, 4) is 5.75 Å². The van der Waals surface area contributed by atoms with Crippen molar-refractivity contribution in [1.82, 2.24) is 5.32 Å². The van der Waals surface area contributed by atoms with Gasteiger partial charge in [-0.1, -0.05) is 11.6 Å². The average molecular weight is 341 g/mol. The standard InChI is InChI=1S/C16H21ClN2O4/c1-10-7-11(5-6-18-10)16(21)19-12-3-4-14(13(17)8-12)23-9-15(20)22-2/h3-4,8,10-11,18H,5-7,9H2,1-2H3,(H,19,21)/t10-,11-/m0/s1. The SMILES string of the molecule is COC(=O)COc1ccc(NC(=O)[C@H]2CCN[C@@H](C)C2)cc1Cl. The number of hydrogen-bond donors (Lipinski definition) is 2. The Morgan fingerprint density at radius 2 is 2.22 bits per heavy atom. The summed E-state index contributed by atoms with van der Waals surface area (Å²) in [6, 6.07) is 5.26. The third-order valence-electron chi connectivity index (χ3n) is 3.77. The van der Waals surface area contributed by atoms with E-state index in [0.717, 1.165) is 19.4 Å². The van der Waals surface area contributed by atoms with Gasteiger partial charge in [0, 0.05) is 17.6 Å². The van der Waals surface area contributed by atoms with Gasteiger partial charge in [0.05, 0.1) is 12.1 Å². The summed E-state index contributed by atoms with van der Waals surface area (Å²) in [4.78, 5) is 23.3. The summed E-state index contributed by atoms with van der Waals surface area (Å²) in [5.74, 6) is -0.123. The molecule has 23 heavy (non-hydrogen) atoms. The third-order valence-corrected chi connectivity index (χ3v) is 4.06. The summed E-state index contributed by atoms with van der Waals surface area (Å²) in [6.07, 6.45) is 1.64. The van der Waals surface area contributed by atoms with Gasteiger partial charge in [0.25, 0.3) is 0 Å². The van der Waals surface area contributed by atoms with E-state index < -0.39 is 5.97 Å². The Bertz CT molecular complexity index is 579. The molecule has 0 saturated carbocycles. The average Bonchev–Trinajstić information content (AvgIpc) is 2.53. The molecule has 2 atom stereocenters. The third kappa shape index (κ3) is 5.11. The van der Waals surface area contributed by atoms with E-state index in [2.05, 4.69) is 22.3 Å². The van der Waals surface area contributed by atoms with Crippen LogP contribution in [0.3, 0.4) is 0 Å². The van der Waals surface area contributed by atoms with Crippen LogP contribution in [0.4, 0.5) is 5.69 Å². The minimum absolute atomic E-state index is 0.000256. The highest BCUT2D eigenvalue weighted by Gasteiger charge is 2.24. The van der Waals surface area contributed by atoms with E-state index in [9.17, 15) is 9.59 Å². The topological polar surface area (TPSA) is 76.7 Å². The molecule has 0 bridgehead atoms. The Morgan fingerprint density at radius 3 is 2.87 bits per heavy atom. The molecule has 1 aliphatic heterocycles. The van der Waals surface area contributed by atoms with E-state index in [1.807, 2.05) is 0 Å². The summed E-state index contributed by atoms with van der Waals surface area (Å²) in [5.41, 5.74) is 0.608. The second kappa shape index (κ2) is 8.17. The van der Waals surface area contributed by atoms with Crippen molar-refractivity contribution in [2.75, 3.05) is 25.6 Å². The van der Waals surface area contributed by atoms with Crippen LogP contribution in [-0.4, -0.2) is 38.2 Å². The van der Waals surface area contributed by atoms with Crippen LogP contribution >= 0.6 is 11.6 Å². The van der Waals surface area contributed by atoms with E-state index in [4.69, 9.17) is 16.3 Å². The monoisotopic (exact) mass is 340 g/mol. The van der Waals surface area contributed by atoms with Crippen LogP contribution in [0.1, 0.15) is 19.8 Å². The Labute approximate surface area is 140 Å². The van der Waals surface area contributed by atoms with Gasteiger partial charge in [-0.3, -0.25) is 4.79 Å². The number of methoxy groups -OCH3 is 1. The minimum atomic E-state index is -0.488. The number of piperidine rings is 1. The normalized spacial score (nSPS) is 20.7. The van der Waals surface area contributed by atoms with E-state index in [-0.39, 0.29) is 18.4 Å². The van der Waals surface area contributed by atoms with Gasteiger partial charge in [-0.25, -0.2) is 4.79 Å². The highest BCUT2D eigenvalue weighted by Crippen LogP contribution is 2.28. The van der Waals surface area contributed by atoms with Crippen LogP contribution in [0.2, 0.25) is 5.02 Å². The summed E-state index contributed by atoms with van der Waals surface area (Å²) in [7, 11) is 1.29. The molecule has 1 fully saturated rings. The second-order valence-corrected chi connectivity index (χ2v) is 5.98. The first kappa shape index (κ1) is 17.6. The smallest absolute Gasteiger partial charge is 0.343 e.